The van der Waals surface area contributed by atoms with E-state index in [4.69, 9.17) is 13.9 Å². The maximum absolute atomic E-state index is 13.9. The molecule has 1 N–H and O–H groups in total. The Kier molecular flexibility index (Phi) is 11.2. The first-order chi connectivity index (χ1) is 25.6. The molecule has 2 amide bonds. The summed E-state index contributed by atoms with van der Waals surface area (Å²) in [5.74, 6) is -0.548. The van der Waals surface area contributed by atoms with Crippen molar-refractivity contribution in [2.24, 2.45) is 0 Å². The van der Waals surface area contributed by atoms with Crippen molar-refractivity contribution >= 4 is 59.2 Å². The number of ether oxygens (including phenoxy) is 2. The molecular formula is C41H42N6O5Si. The lowest BCUT2D eigenvalue weighted by molar-refractivity contribution is -0.114. The van der Waals surface area contributed by atoms with Gasteiger partial charge in [0.2, 0.25) is 11.9 Å². The van der Waals surface area contributed by atoms with Crippen LogP contribution in [0.2, 0.25) is 5.04 Å². The maximum atomic E-state index is 13.9. The molecule has 6 rings (SSSR count). The van der Waals surface area contributed by atoms with Crippen LogP contribution in [0.4, 0.5) is 22.1 Å². The van der Waals surface area contributed by atoms with E-state index in [1.54, 1.807) is 28.8 Å². The molecule has 0 saturated heterocycles. The van der Waals surface area contributed by atoms with Crippen molar-refractivity contribution in [2.45, 2.75) is 39.5 Å². The highest BCUT2D eigenvalue weighted by atomic mass is 28.4. The number of aromatic nitrogens is 4. The van der Waals surface area contributed by atoms with Crippen molar-refractivity contribution in [3.63, 3.8) is 0 Å². The fourth-order valence-corrected chi connectivity index (χ4v) is 10.8. The maximum Gasteiger partial charge on any atom is 0.425 e. The van der Waals surface area contributed by atoms with Crippen LogP contribution in [0.5, 0.6) is 5.88 Å². The van der Waals surface area contributed by atoms with Crippen LogP contribution in [0.3, 0.4) is 0 Å². The van der Waals surface area contributed by atoms with Crippen LogP contribution in [-0.2, 0) is 20.7 Å². The summed E-state index contributed by atoms with van der Waals surface area (Å²) in [6.07, 6.45) is 0.792. The van der Waals surface area contributed by atoms with E-state index in [0.29, 0.717) is 23.5 Å². The minimum absolute atomic E-state index is 0.0171. The molecule has 0 saturated carbocycles. The van der Waals surface area contributed by atoms with Gasteiger partial charge in [0.05, 0.1) is 30.9 Å². The second-order valence-corrected chi connectivity index (χ2v) is 17.8. The smallest absolute Gasteiger partial charge is 0.403 e. The third-order valence-electron chi connectivity index (χ3n) is 8.57. The van der Waals surface area contributed by atoms with E-state index < -0.39 is 20.3 Å². The number of nitrogens with zero attached hydrogens (tertiary/aromatic N) is 5. The van der Waals surface area contributed by atoms with Crippen molar-refractivity contribution < 1.29 is 23.5 Å². The molecule has 2 aromatic heterocycles. The molecule has 0 unspecified atom stereocenters. The molecular weight excluding hydrogens is 685 g/mol. The summed E-state index contributed by atoms with van der Waals surface area (Å²) in [6.45, 7) is 12.8. The molecule has 0 atom stereocenters. The second kappa shape index (κ2) is 16.2. The van der Waals surface area contributed by atoms with Gasteiger partial charge in [0.1, 0.15) is 6.73 Å². The van der Waals surface area contributed by atoms with E-state index >= 15 is 0 Å². The third kappa shape index (κ3) is 8.25. The molecule has 2 heterocycles. The van der Waals surface area contributed by atoms with Gasteiger partial charge in [-0.05, 0) is 45.3 Å². The third-order valence-corrected chi connectivity index (χ3v) is 13.6. The molecule has 0 aliphatic rings. The monoisotopic (exact) mass is 726 g/mol. The van der Waals surface area contributed by atoms with Crippen LogP contribution in [0.15, 0.2) is 140 Å². The molecule has 12 heteroatoms. The molecule has 0 fully saturated rings. The zero-order chi connectivity index (χ0) is 37.4. The molecule has 0 radical (unpaired) electrons. The van der Waals surface area contributed by atoms with Gasteiger partial charge < -0.3 is 18.5 Å². The highest BCUT2D eigenvalue weighted by Gasteiger charge is 2.50. The predicted molar refractivity (Wildman–Crippen MR) is 209 cm³/mol. The van der Waals surface area contributed by atoms with Gasteiger partial charge in [-0.2, -0.15) is 9.97 Å². The Morgan fingerprint density at radius 3 is 1.83 bits per heavy atom. The molecule has 0 aliphatic heterocycles. The molecule has 4 aromatic carbocycles. The van der Waals surface area contributed by atoms with E-state index in [1.165, 1.54) is 28.5 Å². The predicted octanol–water partition coefficient (Wildman–Crippen LogP) is 7.23. The number of rotatable bonds is 13. The highest BCUT2D eigenvalue weighted by Crippen LogP contribution is 2.37. The first kappa shape index (κ1) is 36.8. The number of carbonyl (C=O) groups excluding carboxylic acids is 2. The molecule has 11 nitrogen and oxygen atoms in total. The fraction of sp³-hybridized carbons (Fsp3) is 0.195. The normalized spacial score (nSPS) is 11.6. The molecule has 0 aliphatic carbocycles. The number of amides is 2. The van der Waals surface area contributed by atoms with Gasteiger partial charge in [-0.3, -0.25) is 10.1 Å². The first-order valence-electron chi connectivity index (χ1n) is 17.2. The lowest BCUT2D eigenvalue weighted by Gasteiger charge is -2.43. The SMILES string of the molecule is C=C(COCn1cnc2nc(NC(C)=O)nc(OC(=O)N(c3ccccc3)c3ccccc3)c21)CO[Si](c1ccccc1)(c1ccccc1)C(C)(C)C. The number of hydrogen-bond donors (Lipinski definition) is 1. The number of fused-ring (bicyclic) bond motifs is 1. The molecule has 6 aromatic rings. The number of carbonyl (C=O) groups is 2. The zero-order valence-corrected chi connectivity index (χ0v) is 31.2. The van der Waals surface area contributed by atoms with E-state index in [2.05, 4.69) is 96.1 Å². The highest BCUT2D eigenvalue weighted by molar-refractivity contribution is 6.99. The van der Waals surface area contributed by atoms with E-state index in [9.17, 15) is 9.59 Å². The van der Waals surface area contributed by atoms with Gasteiger partial charge in [-0.15, -0.1) is 0 Å². The van der Waals surface area contributed by atoms with Gasteiger partial charge >= 0.3 is 6.09 Å². The summed E-state index contributed by atoms with van der Waals surface area (Å²) in [5, 5.41) is 4.73. The Morgan fingerprint density at radius 1 is 0.792 bits per heavy atom. The number of anilines is 3. The number of benzene rings is 4. The van der Waals surface area contributed by atoms with Crippen molar-refractivity contribution in [3.8, 4) is 5.88 Å². The summed E-state index contributed by atoms with van der Waals surface area (Å²) < 4.78 is 20.8. The van der Waals surface area contributed by atoms with E-state index in [1.807, 2.05) is 48.5 Å². The van der Waals surface area contributed by atoms with E-state index in [-0.39, 0.29) is 35.9 Å². The topological polar surface area (TPSA) is 121 Å². The summed E-state index contributed by atoms with van der Waals surface area (Å²) in [6, 6.07) is 39.1. The number of nitrogens with one attached hydrogen (secondary N) is 1. The van der Waals surface area contributed by atoms with Gasteiger partial charge in [0.25, 0.3) is 14.2 Å². The van der Waals surface area contributed by atoms with Crippen molar-refractivity contribution in [1.29, 1.82) is 0 Å². The Morgan fingerprint density at radius 2 is 1.32 bits per heavy atom. The quantitative estimate of drug-likeness (QED) is 0.0978. The first-order valence-corrected chi connectivity index (χ1v) is 19.1. The average molecular weight is 727 g/mol. The average Bonchev–Trinajstić information content (AvgIpc) is 3.56. The van der Waals surface area contributed by atoms with Crippen LogP contribution in [0.25, 0.3) is 11.2 Å². The largest absolute Gasteiger partial charge is 0.425 e. The van der Waals surface area contributed by atoms with E-state index in [0.717, 1.165) is 5.57 Å². The minimum Gasteiger partial charge on any atom is -0.403 e. The van der Waals surface area contributed by atoms with Crippen LogP contribution >= 0.6 is 0 Å². The van der Waals surface area contributed by atoms with Crippen LogP contribution in [0.1, 0.15) is 27.7 Å². The Balaban J connectivity index is 1.23. The summed E-state index contributed by atoms with van der Waals surface area (Å²) in [7, 11) is -2.77. The van der Waals surface area contributed by atoms with Gasteiger partial charge in [0.15, 0.2) is 11.2 Å². The Hall–Kier alpha value is -5.95. The number of imidazole rings is 1. The zero-order valence-electron chi connectivity index (χ0n) is 30.2. The number of hydrogen-bond acceptors (Lipinski definition) is 8. The second-order valence-electron chi connectivity index (χ2n) is 13.5. The van der Waals surface area contributed by atoms with Crippen LogP contribution in [0, 0.1) is 0 Å². The van der Waals surface area contributed by atoms with Crippen LogP contribution < -0.4 is 25.3 Å². The number of para-hydroxylation sites is 2. The lowest BCUT2D eigenvalue weighted by atomic mass is 10.2. The molecule has 53 heavy (non-hydrogen) atoms. The summed E-state index contributed by atoms with van der Waals surface area (Å²) in [4.78, 5) is 40.5. The van der Waals surface area contributed by atoms with Crippen molar-refractivity contribution in [3.05, 3.63) is 140 Å². The molecule has 270 valence electrons. The molecule has 0 spiro atoms. The fourth-order valence-electron chi connectivity index (χ4n) is 6.27. The summed E-state index contributed by atoms with van der Waals surface area (Å²) >= 11 is 0. The van der Waals surface area contributed by atoms with Crippen molar-refractivity contribution in [2.75, 3.05) is 23.4 Å². The Bertz CT molecular complexity index is 2100. The minimum atomic E-state index is -2.77. The molecule has 0 bridgehead atoms. The van der Waals surface area contributed by atoms with Crippen LogP contribution in [-0.4, -0.2) is 53.1 Å². The summed E-state index contributed by atoms with van der Waals surface area (Å²) in [5.41, 5.74) is 2.44. The van der Waals surface area contributed by atoms with Gasteiger partial charge in [0, 0.05) is 6.92 Å². The van der Waals surface area contributed by atoms with Gasteiger partial charge in [-0.25, -0.2) is 14.7 Å². The lowest BCUT2D eigenvalue weighted by Crippen LogP contribution is -2.66. The van der Waals surface area contributed by atoms with Crippen molar-refractivity contribution in [1.82, 2.24) is 19.5 Å². The Labute approximate surface area is 310 Å². The standard InChI is InChI=1S/C41H42N6O5Si/c1-30(27-51-53(41(3,4)5,34-22-14-8-15-23-34)35-24-16-9-17-25-35)26-50-29-46-28-42-37-36(46)38(45-39(44-37)43-31(2)48)52-40(49)47(32-18-10-6-11-19-32)33-20-12-7-13-21-33/h6-25,28H,1,26-27,29H2,2-5H3,(H,43,44,45,48). The van der Waals surface area contributed by atoms with Gasteiger partial charge in [-0.1, -0.05) is 124 Å².